The molecule has 0 heterocycles. The number of ether oxygens (including phenoxy) is 2. The predicted octanol–water partition coefficient (Wildman–Crippen LogP) is 6.57. The van der Waals surface area contributed by atoms with Crippen molar-refractivity contribution in [3.63, 3.8) is 0 Å². The summed E-state index contributed by atoms with van der Waals surface area (Å²) >= 11 is 0. The van der Waals surface area contributed by atoms with Gasteiger partial charge in [-0.1, -0.05) is 90.9 Å². The summed E-state index contributed by atoms with van der Waals surface area (Å²) in [5, 5.41) is 0. The zero-order valence-electron chi connectivity index (χ0n) is 22.6. The monoisotopic (exact) mass is 507 g/mol. The summed E-state index contributed by atoms with van der Waals surface area (Å²) in [5.41, 5.74) is 0. The Bertz CT molecular complexity index is 518. The van der Waals surface area contributed by atoms with Crippen molar-refractivity contribution in [2.75, 3.05) is 46.6 Å². The Balaban J connectivity index is 3.91. The van der Waals surface area contributed by atoms with E-state index in [0.717, 1.165) is 12.8 Å². The lowest BCUT2D eigenvalue weighted by Gasteiger charge is -2.21. The summed E-state index contributed by atoms with van der Waals surface area (Å²) in [6.45, 7) is 5.26. The van der Waals surface area contributed by atoms with Crippen molar-refractivity contribution in [3.05, 3.63) is 0 Å². The SMILES string of the molecule is CCCCCCCCCCCCCCCOCC(COP(=O)(O)CCN(C)C)OC(=O)CCC. The highest BCUT2D eigenvalue weighted by atomic mass is 31.2. The minimum Gasteiger partial charge on any atom is -0.457 e. The average Bonchev–Trinajstić information content (AvgIpc) is 2.78. The van der Waals surface area contributed by atoms with Crippen LogP contribution in [0.3, 0.4) is 0 Å². The van der Waals surface area contributed by atoms with Gasteiger partial charge in [-0.25, -0.2) is 0 Å². The fraction of sp³-hybridized carbons (Fsp3) is 0.962. The van der Waals surface area contributed by atoms with E-state index < -0.39 is 13.7 Å². The van der Waals surface area contributed by atoms with Crippen LogP contribution in [0.5, 0.6) is 0 Å². The lowest BCUT2D eigenvalue weighted by atomic mass is 10.0. The number of unbranched alkanes of at least 4 members (excludes halogenated alkanes) is 12. The molecular weight excluding hydrogens is 453 g/mol. The van der Waals surface area contributed by atoms with E-state index in [4.69, 9.17) is 14.0 Å². The number of nitrogens with zero attached hydrogens (tertiary/aromatic N) is 1. The van der Waals surface area contributed by atoms with E-state index in [-0.39, 0.29) is 25.3 Å². The van der Waals surface area contributed by atoms with Crippen LogP contribution < -0.4 is 0 Å². The maximum absolute atomic E-state index is 12.2. The Morgan fingerprint density at radius 3 is 1.85 bits per heavy atom. The van der Waals surface area contributed by atoms with Gasteiger partial charge >= 0.3 is 13.6 Å². The van der Waals surface area contributed by atoms with Gasteiger partial charge in [0.05, 0.1) is 19.4 Å². The van der Waals surface area contributed by atoms with Gasteiger partial charge in [0.1, 0.15) is 6.10 Å². The molecule has 0 amide bonds. The smallest absolute Gasteiger partial charge is 0.329 e. The molecule has 0 aromatic rings. The molecular formula is C26H54NO6P. The van der Waals surface area contributed by atoms with Crippen LogP contribution in [-0.2, 0) is 23.4 Å². The Morgan fingerprint density at radius 2 is 1.35 bits per heavy atom. The van der Waals surface area contributed by atoms with Gasteiger partial charge in [-0.2, -0.15) is 0 Å². The van der Waals surface area contributed by atoms with E-state index in [0.29, 0.717) is 26.0 Å². The quantitative estimate of drug-likeness (QED) is 0.0849. The molecule has 0 bridgehead atoms. The van der Waals surface area contributed by atoms with Crippen LogP contribution in [0, 0.1) is 0 Å². The summed E-state index contributed by atoms with van der Waals surface area (Å²) < 4.78 is 28.5. The van der Waals surface area contributed by atoms with Crippen LogP contribution in [0.2, 0.25) is 0 Å². The second-order valence-electron chi connectivity index (χ2n) is 9.64. The average molecular weight is 508 g/mol. The molecule has 2 unspecified atom stereocenters. The van der Waals surface area contributed by atoms with Crippen molar-refractivity contribution >= 4 is 13.6 Å². The number of hydrogen-bond acceptors (Lipinski definition) is 6. The van der Waals surface area contributed by atoms with Crippen LogP contribution in [0.15, 0.2) is 0 Å². The molecule has 0 aromatic carbocycles. The highest BCUT2D eigenvalue weighted by Gasteiger charge is 2.24. The van der Waals surface area contributed by atoms with Gasteiger partial charge in [0.2, 0.25) is 0 Å². The van der Waals surface area contributed by atoms with E-state index in [2.05, 4.69) is 6.92 Å². The van der Waals surface area contributed by atoms with Crippen molar-refractivity contribution in [2.24, 2.45) is 0 Å². The van der Waals surface area contributed by atoms with Crippen LogP contribution >= 0.6 is 7.60 Å². The summed E-state index contributed by atoms with van der Waals surface area (Å²) in [4.78, 5) is 23.7. The van der Waals surface area contributed by atoms with Crippen LogP contribution in [0.25, 0.3) is 0 Å². The number of carbonyl (C=O) groups is 1. The molecule has 0 fully saturated rings. The molecule has 0 saturated heterocycles. The molecule has 0 aliphatic rings. The topological polar surface area (TPSA) is 85.3 Å². The van der Waals surface area contributed by atoms with Gasteiger partial charge < -0.3 is 23.8 Å². The fourth-order valence-electron chi connectivity index (χ4n) is 3.59. The van der Waals surface area contributed by atoms with Crippen molar-refractivity contribution in [1.29, 1.82) is 0 Å². The first-order valence-corrected chi connectivity index (χ1v) is 15.4. The minimum absolute atomic E-state index is 0.0371. The molecule has 0 saturated carbocycles. The van der Waals surface area contributed by atoms with Gasteiger partial charge in [-0.3, -0.25) is 9.36 Å². The first-order chi connectivity index (χ1) is 16.3. The largest absolute Gasteiger partial charge is 0.457 e. The predicted molar refractivity (Wildman–Crippen MR) is 141 cm³/mol. The van der Waals surface area contributed by atoms with Crippen molar-refractivity contribution in [2.45, 2.75) is 116 Å². The molecule has 0 radical (unpaired) electrons. The molecule has 204 valence electrons. The highest BCUT2D eigenvalue weighted by Crippen LogP contribution is 2.41. The van der Waals surface area contributed by atoms with Gasteiger partial charge in [-0.05, 0) is 26.9 Å². The number of hydrogen-bond donors (Lipinski definition) is 1. The second-order valence-corrected chi connectivity index (χ2v) is 11.6. The molecule has 7 nitrogen and oxygen atoms in total. The first kappa shape index (κ1) is 33.5. The van der Waals surface area contributed by atoms with E-state index in [1.165, 1.54) is 70.6 Å². The van der Waals surface area contributed by atoms with E-state index in [9.17, 15) is 14.3 Å². The Labute approximate surface area is 209 Å². The summed E-state index contributed by atoms with van der Waals surface area (Å²) in [7, 11) is -0.0564. The molecule has 34 heavy (non-hydrogen) atoms. The Kier molecular flexibility index (Phi) is 22.7. The van der Waals surface area contributed by atoms with Crippen LogP contribution in [0.4, 0.5) is 0 Å². The van der Waals surface area contributed by atoms with Gasteiger partial charge in [0, 0.05) is 19.6 Å². The zero-order valence-corrected chi connectivity index (χ0v) is 23.5. The lowest BCUT2D eigenvalue weighted by Crippen LogP contribution is -2.29. The fourth-order valence-corrected chi connectivity index (χ4v) is 4.77. The van der Waals surface area contributed by atoms with Crippen molar-refractivity contribution in [1.82, 2.24) is 4.90 Å². The molecule has 2 atom stereocenters. The second kappa shape index (κ2) is 23.0. The van der Waals surface area contributed by atoms with Gasteiger partial charge in [0.15, 0.2) is 0 Å². The molecule has 1 N–H and O–H groups in total. The van der Waals surface area contributed by atoms with Crippen molar-refractivity contribution < 1.29 is 28.3 Å². The molecule has 0 aliphatic heterocycles. The summed E-state index contributed by atoms with van der Waals surface area (Å²) in [6, 6.07) is 0. The third kappa shape index (κ3) is 23.3. The number of carbonyl (C=O) groups excluding carboxylic acids is 1. The summed E-state index contributed by atoms with van der Waals surface area (Å²) in [6.07, 6.45) is 17.3. The Hall–Kier alpha value is -0.460. The van der Waals surface area contributed by atoms with Crippen LogP contribution in [-0.4, -0.2) is 68.5 Å². The normalized spacial score (nSPS) is 14.3. The number of esters is 1. The van der Waals surface area contributed by atoms with E-state index >= 15 is 0 Å². The molecule has 0 rings (SSSR count). The highest BCUT2D eigenvalue weighted by molar-refractivity contribution is 7.52. The molecule has 0 aliphatic carbocycles. The number of rotatable bonds is 25. The third-order valence-electron chi connectivity index (χ3n) is 5.74. The minimum atomic E-state index is -3.72. The molecule has 0 spiro atoms. The third-order valence-corrected chi connectivity index (χ3v) is 7.06. The van der Waals surface area contributed by atoms with Crippen LogP contribution in [0.1, 0.15) is 110 Å². The van der Waals surface area contributed by atoms with Crippen molar-refractivity contribution in [3.8, 4) is 0 Å². The Morgan fingerprint density at radius 1 is 0.824 bits per heavy atom. The maximum Gasteiger partial charge on any atom is 0.329 e. The first-order valence-electron chi connectivity index (χ1n) is 13.7. The maximum atomic E-state index is 12.2. The van der Waals surface area contributed by atoms with Gasteiger partial charge in [-0.15, -0.1) is 0 Å². The summed E-state index contributed by atoms with van der Waals surface area (Å²) in [5.74, 6) is -0.332. The van der Waals surface area contributed by atoms with E-state index in [1.807, 2.05) is 25.9 Å². The van der Waals surface area contributed by atoms with Gasteiger partial charge in [0.25, 0.3) is 0 Å². The molecule has 8 heteroatoms. The molecule has 0 aromatic heterocycles. The zero-order chi connectivity index (χ0) is 25.5. The van der Waals surface area contributed by atoms with E-state index in [1.54, 1.807) is 0 Å². The standard InChI is InChI=1S/C26H54NO6P/c1-5-7-8-9-10-11-12-13-14-15-16-17-18-21-31-23-25(33-26(28)19-6-2)24-32-34(29,30)22-20-27(3)4/h25H,5-24H2,1-4H3,(H,29,30). The lowest BCUT2D eigenvalue weighted by molar-refractivity contribution is -0.154.